The topological polar surface area (TPSA) is 80.3 Å². The van der Waals surface area contributed by atoms with Crippen molar-refractivity contribution in [3.8, 4) is 23.0 Å². The van der Waals surface area contributed by atoms with Gasteiger partial charge in [0.15, 0.2) is 0 Å². The summed E-state index contributed by atoms with van der Waals surface area (Å²) in [5.74, 6) is 1.77. The Bertz CT molecular complexity index is 1320. The van der Waals surface area contributed by atoms with Gasteiger partial charge in [0.1, 0.15) is 48.1 Å². The summed E-state index contributed by atoms with van der Waals surface area (Å²) in [5.41, 5.74) is 2.40. The second kappa shape index (κ2) is 11.8. The molecule has 1 saturated carbocycles. The molecule has 3 aromatic carbocycles. The van der Waals surface area contributed by atoms with Crippen molar-refractivity contribution in [2.24, 2.45) is 5.92 Å². The van der Waals surface area contributed by atoms with Crippen molar-refractivity contribution in [1.29, 1.82) is 0 Å². The number of fused-ring (bicyclic) bond motifs is 1. The Kier molecular flexibility index (Phi) is 8.00. The van der Waals surface area contributed by atoms with Crippen LogP contribution in [0.1, 0.15) is 55.4 Å². The van der Waals surface area contributed by atoms with Crippen molar-refractivity contribution in [2.45, 2.75) is 45.1 Å². The number of hydrogen-bond donors (Lipinski definition) is 0. The molecule has 39 heavy (non-hydrogen) atoms. The van der Waals surface area contributed by atoms with E-state index in [1.165, 1.54) is 13.0 Å². The molecule has 3 atom stereocenters. The predicted octanol–water partition coefficient (Wildman–Crippen LogP) is 6.29. The van der Waals surface area contributed by atoms with E-state index < -0.39 is 6.10 Å². The maximum Gasteiger partial charge on any atom is 0.309 e. The molecule has 5 rings (SSSR count). The lowest BCUT2D eigenvalue weighted by molar-refractivity contribution is -0.145. The van der Waals surface area contributed by atoms with Crippen LogP contribution in [0.3, 0.4) is 0 Å². The third kappa shape index (κ3) is 6.33. The molecule has 0 spiro atoms. The summed E-state index contributed by atoms with van der Waals surface area (Å²) >= 11 is 0. The molecule has 0 heterocycles. The van der Waals surface area contributed by atoms with Gasteiger partial charge in [0.25, 0.3) is 0 Å². The largest absolute Gasteiger partial charge is 0.490 e. The lowest BCUT2D eigenvalue weighted by Crippen LogP contribution is -2.09. The number of halogens is 1. The Morgan fingerprint density at radius 1 is 0.897 bits per heavy atom. The Morgan fingerprint density at radius 3 is 2.33 bits per heavy atom. The third-order valence-electron chi connectivity index (χ3n) is 6.91. The Balaban J connectivity index is 1.21. The number of benzene rings is 3. The van der Waals surface area contributed by atoms with Crippen molar-refractivity contribution >= 4 is 11.9 Å². The van der Waals surface area contributed by atoms with Gasteiger partial charge < -0.3 is 23.7 Å². The van der Waals surface area contributed by atoms with E-state index in [1.54, 1.807) is 30.3 Å². The first kappa shape index (κ1) is 26.5. The first-order chi connectivity index (χ1) is 18.9. The molecular weight excluding hydrogens is 503 g/mol. The molecule has 0 bridgehead atoms. The van der Waals surface area contributed by atoms with Gasteiger partial charge in [-0.3, -0.25) is 9.59 Å². The number of rotatable bonds is 11. The highest BCUT2D eigenvalue weighted by molar-refractivity contribution is 5.77. The molecule has 0 aliphatic heterocycles. The van der Waals surface area contributed by atoms with E-state index in [4.69, 9.17) is 23.7 Å². The summed E-state index contributed by atoms with van der Waals surface area (Å²) in [6.45, 7) is 3.99. The van der Waals surface area contributed by atoms with E-state index in [9.17, 15) is 14.0 Å². The van der Waals surface area contributed by atoms with Crippen LogP contribution in [-0.4, -0.2) is 31.8 Å². The molecule has 0 radical (unpaired) electrons. The fourth-order valence-corrected chi connectivity index (χ4v) is 4.96. The van der Waals surface area contributed by atoms with E-state index in [1.807, 2.05) is 31.2 Å². The van der Waals surface area contributed by atoms with Crippen LogP contribution in [0.2, 0.25) is 0 Å². The zero-order chi connectivity index (χ0) is 27.4. The average Bonchev–Trinajstić information content (AvgIpc) is 3.62. The minimum atomic E-state index is -0.421. The second-order valence-electron chi connectivity index (χ2n) is 9.61. The van der Waals surface area contributed by atoms with Crippen LogP contribution in [0.15, 0.2) is 60.7 Å². The summed E-state index contributed by atoms with van der Waals surface area (Å²) < 4.78 is 42.8. The molecule has 0 amide bonds. The summed E-state index contributed by atoms with van der Waals surface area (Å²) in [4.78, 5) is 22.8. The first-order valence-electron chi connectivity index (χ1n) is 13.2. The second-order valence-corrected chi connectivity index (χ2v) is 9.61. The van der Waals surface area contributed by atoms with E-state index in [-0.39, 0.29) is 42.8 Å². The Labute approximate surface area is 226 Å². The van der Waals surface area contributed by atoms with Crippen LogP contribution in [0.25, 0.3) is 0 Å². The predicted molar refractivity (Wildman–Crippen MR) is 141 cm³/mol. The highest BCUT2D eigenvalue weighted by Crippen LogP contribution is 2.49. The molecule has 0 N–H and O–H groups in total. The van der Waals surface area contributed by atoms with Crippen molar-refractivity contribution in [1.82, 2.24) is 0 Å². The van der Waals surface area contributed by atoms with Gasteiger partial charge in [-0.2, -0.15) is 0 Å². The number of hydrogen-bond acceptors (Lipinski definition) is 7. The highest BCUT2D eigenvalue weighted by atomic mass is 19.1. The Hall–Kier alpha value is -4.07. The standard InChI is InChI=1S/C31H31FO7/c1-3-35-31(34)26-18-25(26)20-4-6-22(7-5-20)39-29-14-12-24-28(15-13-27(32)30(24)29)38-23-10-8-21(9-11-23)37-17-16-36-19(2)33/h4-11,13,15,25-26,29H,3,12,14,16-18H2,1-2H3/t25-,26+,29-/m1/s1. The highest BCUT2D eigenvalue weighted by Gasteiger charge is 2.45. The van der Waals surface area contributed by atoms with Gasteiger partial charge in [0.05, 0.1) is 12.5 Å². The zero-order valence-corrected chi connectivity index (χ0v) is 22.0. The first-order valence-corrected chi connectivity index (χ1v) is 13.2. The number of carbonyl (C=O) groups excluding carboxylic acids is 2. The molecule has 2 aliphatic rings. The molecule has 7 nitrogen and oxygen atoms in total. The molecule has 0 aromatic heterocycles. The van der Waals surface area contributed by atoms with Crippen molar-refractivity contribution in [2.75, 3.05) is 19.8 Å². The van der Waals surface area contributed by atoms with E-state index in [0.29, 0.717) is 48.0 Å². The van der Waals surface area contributed by atoms with Crippen LogP contribution in [-0.2, 0) is 25.5 Å². The molecule has 1 fully saturated rings. The normalized spacial score (nSPS) is 19.1. The number of esters is 2. The van der Waals surface area contributed by atoms with Crippen LogP contribution in [0.4, 0.5) is 4.39 Å². The fourth-order valence-electron chi connectivity index (χ4n) is 4.96. The van der Waals surface area contributed by atoms with E-state index >= 15 is 0 Å². The minimum Gasteiger partial charge on any atom is -0.490 e. The monoisotopic (exact) mass is 534 g/mol. The summed E-state index contributed by atoms with van der Waals surface area (Å²) in [6, 6.07) is 17.8. The molecule has 2 aliphatic carbocycles. The molecule has 8 heteroatoms. The van der Waals surface area contributed by atoms with Crippen LogP contribution in [0.5, 0.6) is 23.0 Å². The fraction of sp³-hybridized carbons (Fsp3) is 0.355. The molecule has 3 aromatic rings. The van der Waals surface area contributed by atoms with Crippen molar-refractivity contribution < 1.29 is 37.7 Å². The smallest absolute Gasteiger partial charge is 0.309 e. The van der Waals surface area contributed by atoms with Crippen molar-refractivity contribution in [3.63, 3.8) is 0 Å². The Morgan fingerprint density at radius 2 is 1.62 bits per heavy atom. The van der Waals surface area contributed by atoms with Gasteiger partial charge in [-0.1, -0.05) is 12.1 Å². The quantitative estimate of drug-likeness (QED) is 0.211. The van der Waals surface area contributed by atoms with Gasteiger partial charge in [0, 0.05) is 18.1 Å². The lowest BCUT2D eigenvalue weighted by atomic mass is 10.1. The average molecular weight is 535 g/mol. The molecular formula is C31H31FO7. The van der Waals surface area contributed by atoms with Crippen molar-refractivity contribution in [3.05, 3.63) is 83.2 Å². The maximum atomic E-state index is 14.9. The van der Waals surface area contributed by atoms with Gasteiger partial charge in [-0.15, -0.1) is 0 Å². The van der Waals surface area contributed by atoms with Crippen LogP contribution < -0.4 is 14.2 Å². The SMILES string of the molecule is CCOC(=O)[C@H]1C[C@@H]1c1ccc(O[C@@H]2CCc3c(Oc4ccc(OCCOC(C)=O)cc4)ccc(F)c32)cc1. The van der Waals surface area contributed by atoms with Gasteiger partial charge >= 0.3 is 11.9 Å². The van der Waals surface area contributed by atoms with Gasteiger partial charge in [-0.25, -0.2) is 4.39 Å². The molecule has 0 saturated heterocycles. The minimum absolute atomic E-state index is 0.0676. The lowest BCUT2D eigenvalue weighted by Gasteiger charge is -2.17. The molecule has 0 unspecified atom stereocenters. The van der Waals surface area contributed by atoms with Gasteiger partial charge in [-0.05, 0) is 86.2 Å². The van der Waals surface area contributed by atoms with Crippen LogP contribution >= 0.6 is 0 Å². The summed E-state index contributed by atoms with van der Waals surface area (Å²) in [5, 5.41) is 0. The zero-order valence-electron chi connectivity index (χ0n) is 22.0. The number of ether oxygens (including phenoxy) is 5. The summed E-state index contributed by atoms with van der Waals surface area (Å²) in [6.07, 6.45) is 1.65. The third-order valence-corrected chi connectivity index (χ3v) is 6.91. The van der Waals surface area contributed by atoms with E-state index in [0.717, 1.165) is 17.5 Å². The van der Waals surface area contributed by atoms with Crippen LogP contribution in [0, 0.1) is 11.7 Å². The summed E-state index contributed by atoms with van der Waals surface area (Å²) in [7, 11) is 0. The van der Waals surface area contributed by atoms with Gasteiger partial charge in [0.2, 0.25) is 0 Å². The van der Waals surface area contributed by atoms with E-state index in [2.05, 4.69) is 0 Å². The number of carbonyl (C=O) groups is 2. The maximum absolute atomic E-state index is 14.9. The molecule has 204 valence electrons.